The number of anilines is 2. The van der Waals surface area contributed by atoms with E-state index in [4.69, 9.17) is 4.74 Å². The summed E-state index contributed by atoms with van der Waals surface area (Å²) in [6, 6.07) is 18.5. The first-order chi connectivity index (χ1) is 20.8. The Morgan fingerprint density at radius 3 is 1.58 bits per heavy atom. The number of aromatic carboxylic acids is 1. The maximum absolute atomic E-state index is 12.7. The van der Waals surface area contributed by atoms with Crippen LogP contribution < -0.4 is 14.5 Å². The van der Waals surface area contributed by atoms with Gasteiger partial charge in [0.15, 0.2) is 0 Å². The van der Waals surface area contributed by atoms with E-state index in [1.807, 2.05) is 12.1 Å². The number of hydrogen-bond acceptors (Lipinski definition) is 6. The number of ether oxygens (including phenoxy) is 1. The number of benzene rings is 3. The van der Waals surface area contributed by atoms with Crippen LogP contribution in [0.4, 0.5) is 11.4 Å². The van der Waals surface area contributed by atoms with E-state index in [0.717, 1.165) is 28.6 Å². The molecule has 3 aromatic carbocycles. The van der Waals surface area contributed by atoms with Crippen molar-refractivity contribution >= 4 is 27.5 Å². The van der Waals surface area contributed by atoms with Gasteiger partial charge in [-0.15, -0.1) is 0 Å². The lowest BCUT2D eigenvalue weighted by molar-refractivity contribution is 0.0696. The summed E-state index contributed by atoms with van der Waals surface area (Å²) in [4.78, 5) is 16.4. The van der Waals surface area contributed by atoms with Crippen LogP contribution in [0, 0.1) is 0 Å². The summed E-state index contributed by atoms with van der Waals surface area (Å²) >= 11 is 0. The van der Waals surface area contributed by atoms with Crippen molar-refractivity contribution in [3.8, 4) is 11.5 Å². The molecule has 3 aromatic rings. The summed E-state index contributed by atoms with van der Waals surface area (Å²) in [5.74, 6) is -0.492. The van der Waals surface area contributed by atoms with Crippen molar-refractivity contribution in [3.63, 3.8) is 0 Å². The van der Waals surface area contributed by atoms with E-state index < -0.39 is 26.9 Å². The molecule has 0 amide bonds. The zero-order chi connectivity index (χ0) is 29.5. The standard InChI is InChI=1S/C34H36N2O6S/c37-34(38)20-7-14-29(32(17-20)43(39,40)41)33-27-15-12-25(35-21-3-1-4-22(35)9-8-21)18-30(27)42-31-19-26(13-16-28(31)33)36-23-5-2-6-24(36)11-10-23/h7,12-19,21-24,33H,1-6,8-11H2,(H,37,38)(H,39,40,41). The molecule has 5 aliphatic rings. The van der Waals surface area contributed by atoms with Gasteiger partial charge in [-0.2, -0.15) is 8.42 Å². The van der Waals surface area contributed by atoms with Crippen molar-refractivity contribution in [2.45, 2.75) is 99.2 Å². The molecule has 0 aromatic heterocycles. The van der Waals surface area contributed by atoms with Gasteiger partial charge >= 0.3 is 5.97 Å². The Kier molecular flexibility index (Phi) is 6.28. The second kappa shape index (κ2) is 9.99. The van der Waals surface area contributed by atoms with Gasteiger partial charge in [0.05, 0.1) is 10.5 Å². The lowest BCUT2D eigenvalue weighted by Crippen LogP contribution is -2.39. The molecular weight excluding hydrogens is 564 g/mol. The van der Waals surface area contributed by atoms with Crippen molar-refractivity contribution in [1.29, 1.82) is 0 Å². The molecule has 5 heterocycles. The van der Waals surface area contributed by atoms with Gasteiger partial charge in [-0.25, -0.2) is 4.79 Å². The fourth-order valence-electron chi connectivity index (χ4n) is 8.85. The van der Waals surface area contributed by atoms with Crippen molar-refractivity contribution < 1.29 is 27.6 Å². The number of carboxylic acids is 1. The molecule has 2 N–H and O–H groups in total. The summed E-state index contributed by atoms with van der Waals surface area (Å²) in [6.07, 6.45) is 12.1. The zero-order valence-corrected chi connectivity index (χ0v) is 24.8. The summed E-state index contributed by atoms with van der Waals surface area (Å²) in [5.41, 5.74) is 3.95. The minimum absolute atomic E-state index is 0.198. The Morgan fingerprint density at radius 2 is 1.14 bits per heavy atom. The lowest BCUT2D eigenvalue weighted by Gasteiger charge is -2.39. The third kappa shape index (κ3) is 4.42. The van der Waals surface area contributed by atoms with E-state index >= 15 is 0 Å². The molecule has 224 valence electrons. The highest BCUT2D eigenvalue weighted by Crippen LogP contribution is 2.52. The van der Waals surface area contributed by atoms with E-state index in [-0.39, 0.29) is 5.56 Å². The Bertz CT molecular complexity index is 1630. The Balaban J connectivity index is 1.29. The third-order valence-corrected chi connectivity index (χ3v) is 11.6. The van der Waals surface area contributed by atoms with Gasteiger partial charge in [-0.05, 0) is 94.0 Å². The first-order valence-corrected chi connectivity index (χ1v) is 17.1. The highest BCUT2D eigenvalue weighted by atomic mass is 32.2. The van der Waals surface area contributed by atoms with Crippen LogP contribution in [0.2, 0.25) is 0 Å². The first-order valence-electron chi connectivity index (χ1n) is 15.6. The molecular formula is C34H36N2O6S. The number of piperidine rings is 2. The first kappa shape index (κ1) is 27.0. The maximum atomic E-state index is 12.7. The van der Waals surface area contributed by atoms with Gasteiger partial charge < -0.3 is 19.6 Å². The normalized spacial score (nSPS) is 27.4. The molecule has 4 unspecified atom stereocenters. The number of rotatable bonds is 5. The van der Waals surface area contributed by atoms with E-state index in [0.29, 0.717) is 41.2 Å². The molecule has 8 rings (SSSR count). The minimum Gasteiger partial charge on any atom is -0.478 e. The van der Waals surface area contributed by atoms with Crippen LogP contribution in [-0.2, 0) is 10.1 Å². The summed E-state index contributed by atoms with van der Waals surface area (Å²) < 4.78 is 42.4. The topological polar surface area (TPSA) is 107 Å². The molecule has 4 fully saturated rings. The van der Waals surface area contributed by atoms with Crippen molar-refractivity contribution in [2.24, 2.45) is 0 Å². The van der Waals surface area contributed by atoms with Crippen molar-refractivity contribution in [3.05, 3.63) is 76.9 Å². The van der Waals surface area contributed by atoms with Crippen LogP contribution in [0.1, 0.15) is 97.2 Å². The van der Waals surface area contributed by atoms with Crippen LogP contribution >= 0.6 is 0 Å². The molecule has 0 spiro atoms. The zero-order valence-electron chi connectivity index (χ0n) is 24.0. The number of nitrogens with zero attached hydrogens (tertiary/aromatic N) is 2. The van der Waals surface area contributed by atoms with Crippen LogP contribution in [0.5, 0.6) is 11.5 Å². The summed E-state index contributed by atoms with van der Waals surface area (Å²) in [6.45, 7) is 0. The number of carboxylic acid groups (broad SMARTS) is 1. The van der Waals surface area contributed by atoms with Gasteiger partial charge in [-0.1, -0.05) is 18.2 Å². The molecule has 4 saturated heterocycles. The Labute approximate surface area is 252 Å². The second-order valence-corrected chi connectivity index (χ2v) is 14.3. The van der Waals surface area contributed by atoms with Gasteiger partial charge in [0.2, 0.25) is 0 Å². The molecule has 9 heteroatoms. The maximum Gasteiger partial charge on any atom is 0.335 e. The molecule has 5 aliphatic heterocycles. The average Bonchev–Trinajstić information content (AvgIpc) is 3.39. The molecule has 4 bridgehead atoms. The predicted molar refractivity (Wildman–Crippen MR) is 163 cm³/mol. The molecule has 43 heavy (non-hydrogen) atoms. The average molecular weight is 601 g/mol. The molecule has 0 radical (unpaired) electrons. The van der Waals surface area contributed by atoms with Crippen molar-refractivity contribution in [2.75, 3.05) is 9.80 Å². The minimum atomic E-state index is -4.73. The quantitative estimate of drug-likeness (QED) is 0.237. The molecule has 0 saturated carbocycles. The lowest BCUT2D eigenvalue weighted by atomic mass is 9.82. The van der Waals surface area contributed by atoms with Crippen LogP contribution in [-0.4, -0.2) is 48.2 Å². The molecule has 4 atom stereocenters. The number of fused-ring (bicyclic) bond motifs is 6. The van der Waals surface area contributed by atoms with E-state index in [2.05, 4.69) is 34.1 Å². The van der Waals surface area contributed by atoms with E-state index in [9.17, 15) is 22.9 Å². The van der Waals surface area contributed by atoms with Crippen molar-refractivity contribution in [1.82, 2.24) is 0 Å². The van der Waals surface area contributed by atoms with E-state index in [1.165, 1.54) is 76.3 Å². The van der Waals surface area contributed by atoms with Gasteiger partial charge in [0.1, 0.15) is 11.5 Å². The summed E-state index contributed by atoms with van der Waals surface area (Å²) in [7, 11) is -4.73. The largest absolute Gasteiger partial charge is 0.478 e. The summed E-state index contributed by atoms with van der Waals surface area (Å²) in [5, 5.41) is 9.59. The number of hydrogen-bond donors (Lipinski definition) is 2. The Hall–Kier alpha value is -3.56. The fourth-order valence-corrected chi connectivity index (χ4v) is 9.61. The van der Waals surface area contributed by atoms with Gasteiger partial charge in [0.25, 0.3) is 10.1 Å². The molecule has 8 nitrogen and oxygen atoms in total. The van der Waals surface area contributed by atoms with Crippen LogP contribution in [0.3, 0.4) is 0 Å². The SMILES string of the molecule is O=C(O)c1ccc(C2c3ccc(N4C5CCCC4CC5)cc3Oc3cc(N4C5CCCC4CC5)ccc32)c(S(=O)(=O)O)c1. The fraction of sp³-hybridized carbons (Fsp3) is 0.441. The van der Waals surface area contributed by atoms with Crippen LogP contribution in [0.25, 0.3) is 0 Å². The highest BCUT2D eigenvalue weighted by Gasteiger charge is 2.40. The smallest absolute Gasteiger partial charge is 0.335 e. The molecule has 0 aliphatic carbocycles. The monoisotopic (exact) mass is 600 g/mol. The second-order valence-electron chi connectivity index (χ2n) is 13.0. The number of carbonyl (C=O) groups is 1. The van der Waals surface area contributed by atoms with Gasteiger partial charge in [-0.3, -0.25) is 4.55 Å². The van der Waals surface area contributed by atoms with Crippen LogP contribution in [0.15, 0.2) is 59.5 Å². The van der Waals surface area contributed by atoms with Gasteiger partial charge in [0, 0.05) is 64.7 Å². The predicted octanol–water partition coefficient (Wildman–Crippen LogP) is 6.96. The van der Waals surface area contributed by atoms with E-state index in [1.54, 1.807) is 0 Å². The third-order valence-electron chi connectivity index (χ3n) is 10.7. The Morgan fingerprint density at radius 1 is 0.674 bits per heavy atom. The highest BCUT2D eigenvalue weighted by molar-refractivity contribution is 7.85.